The topological polar surface area (TPSA) is 51.2 Å². The Balaban J connectivity index is 1.46. The first-order valence-corrected chi connectivity index (χ1v) is 9.70. The minimum atomic E-state index is -0.178. The van der Waals surface area contributed by atoms with Crippen LogP contribution in [0.5, 0.6) is 11.5 Å². The number of nitrogens with zero attached hydrogens (tertiary/aromatic N) is 1. The molecule has 0 unspecified atom stereocenters. The van der Waals surface area contributed by atoms with Crippen LogP contribution in [0.15, 0.2) is 103 Å². The standard InChI is InChI=1S/C26H18N2O2/c29-26(18-14-16-20(17-15-18)30-19-8-2-1-3-9-19)28-25-21-10-4-6-12-23(21)27-24-13-7-5-11-22(24)25/h1-17H,(H,27,28,29). The molecule has 0 saturated carbocycles. The van der Waals surface area contributed by atoms with Crippen molar-refractivity contribution in [3.05, 3.63) is 109 Å². The highest BCUT2D eigenvalue weighted by Crippen LogP contribution is 2.31. The second kappa shape index (κ2) is 7.68. The SMILES string of the molecule is O=C(Nc1c2ccccc2nc2ccccc12)c1ccc(Oc2ccccc2)cc1. The van der Waals surface area contributed by atoms with E-state index < -0.39 is 0 Å². The molecule has 0 bridgehead atoms. The third-order valence-electron chi connectivity index (χ3n) is 4.92. The van der Waals surface area contributed by atoms with Crippen LogP contribution < -0.4 is 10.1 Å². The molecule has 5 rings (SSSR count). The average Bonchev–Trinajstić information content (AvgIpc) is 2.80. The van der Waals surface area contributed by atoms with Gasteiger partial charge in [0.1, 0.15) is 11.5 Å². The molecule has 1 aromatic heterocycles. The van der Waals surface area contributed by atoms with Crippen molar-refractivity contribution in [3.63, 3.8) is 0 Å². The summed E-state index contributed by atoms with van der Waals surface area (Å²) in [7, 11) is 0. The summed E-state index contributed by atoms with van der Waals surface area (Å²) in [6.45, 7) is 0. The summed E-state index contributed by atoms with van der Waals surface area (Å²) >= 11 is 0. The van der Waals surface area contributed by atoms with Crippen LogP contribution >= 0.6 is 0 Å². The molecule has 0 fully saturated rings. The van der Waals surface area contributed by atoms with Crippen LogP contribution in [0.25, 0.3) is 21.8 Å². The van der Waals surface area contributed by atoms with Crippen molar-refractivity contribution in [2.24, 2.45) is 0 Å². The number of benzene rings is 4. The van der Waals surface area contributed by atoms with Gasteiger partial charge in [-0.3, -0.25) is 4.79 Å². The van der Waals surface area contributed by atoms with Crippen LogP contribution in [-0.4, -0.2) is 10.9 Å². The largest absolute Gasteiger partial charge is 0.457 e. The second-order valence-electron chi connectivity index (χ2n) is 6.91. The number of carbonyl (C=O) groups is 1. The van der Waals surface area contributed by atoms with E-state index in [1.165, 1.54) is 0 Å². The number of hydrogen-bond donors (Lipinski definition) is 1. The minimum Gasteiger partial charge on any atom is -0.457 e. The van der Waals surface area contributed by atoms with Gasteiger partial charge in [-0.25, -0.2) is 4.98 Å². The molecule has 0 aliphatic heterocycles. The van der Waals surface area contributed by atoms with Gasteiger partial charge in [0, 0.05) is 16.3 Å². The molecule has 1 N–H and O–H groups in total. The zero-order valence-corrected chi connectivity index (χ0v) is 16.1. The molecular weight excluding hydrogens is 372 g/mol. The second-order valence-corrected chi connectivity index (χ2v) is 6.91. The van der Waals surface area contributed by atoms with Crippen molar-refractivity contribution in [1.82, 2.24) is 4.98 Å². The monoisotopic (exact) mass is 390 g/mol. The van der Waals surface area contributed by atoms with Crippen LogP contribution in [0.2, 0.25) is 0 Å². The lowest BCUT2D eigenvalue weighted by Gasteiger charge is -2.12. The Morgan fingerprint density at radius 3 is 1.80 bits per heavy atom. The highest BCUT2D eigenvalue weighted by atomic mass is 16.5. The highest BCUT2D eigenvalue weighted by molar-refractivity contribution is 6.16. The third-order valence-corrected chi connectivity index (χ3v) is 4.92. The number of nitrogens with one attached hydrogen (secondary N) is 1. The maximum atomic E-state index is 13.0. The van der Waals surface area contributed by atoms with Gasteiger partial charge in [-0.1, -0.05) is 54.6 Å². The third kappa shape index (κ3) is 3.47. The Labute approximate surface area is 173 Å². The van der Waals surface area contributed by atoms with E-state index in [0.717, 1.165) is 33.2 Å². The van der Waals surface area contributed by atoms with Crippen LogP contribution in [-0.2, 0) is 0 Å². The number of hydrogen-bond acceptors (Lipinski definition) is 3. The maximum absolute atomic E-state index is 13.0. The zero-order chi connectivity index (χ0) is 20.3. The van der Waals surface area contributed by atoms with Crippen LogP contribution in [0, 0.1) is 0 Å². The Morgan fingerprint density at radius 2 is 1.17 bits per heavy atom. The molecule has 144 valence electrons. The molecule has 0 saturated heterocycles. The van der Waals surface area contributed by atoms with Gasteiger partial charge >= 0.3 is 0 Å². The van der Waals surface area contributed by atoms with Crippen molar-refractivity contribution in [2.45, 2.75) is 0 Å². The van der Waals surface area contributed by atoms with Gasteiger partial charge in [0.05, 0.1) is 16.7 Å². The molecule has 1 amide bonds. The molecule has 0 radical (unpaired) electrons. The van der Waals surface area contributed by atoms with E-state index in [1.54, 1.807) is 24.3 Å². The van der Waals surface area contributed by atoms with E-state index in [-0.39, 0.29) is 5.91 Å². The normalized spacial score (nSPS) is 10.8. The van der Waals surface area contributed by atoms with Gasteiger partial charge in [0.2, 0.25) is 0 Å². The molecule has 0 aliphatic carbocycles. The molecule has 0 atom stereocenters. The fraction of sp³-hybridized carbons (Fsp3) is 0. The van der Waals surface area contributed by atoms with Gasteiger partial charge in [-0.15, -0.1) is 0 Å². The Morgan fingerprint density at radius 1 is 0.633 bits per heavy atom. The number of para-hydroxylation sites is 3. The first-order valence-electron chi connectivity index (χ1n) is 9.70. The number of carbonyl (C=O) groups excluding carboxylic acids is 1. The lowest BCUT2D eigenvalue weighted by molar-refractivity contribution is 0.102. The molecule has 5 aromatic rings. The molecule has 0 aliphatic rings. The van der Waals surface area contributed by atoms with E-state index in [0.29, 0.717) is 11.3 Å². The quantitative estimate of drug-likeness (QED) is 0.360. The van der Waals surface area contributed by atoms with Gasteiger partial charge in [-0.2, -0.15) is 0 Å². The molecule has 1 heterocycles. The average molecular weight is 390 g/mol. The summed E-state index contributed by atoms with van der Waals surface area (Å²) in [6, 6.07) is 32.3. The highest BCUT2D eigenvalue weighted by Gasteiger charge is 2.13. The summed E-state index contributed by atoms with van der Waals surface area (Å²) < 4.78 is 5.81. The predicted octanol–water partition coefficient (Wildman–Crippen LogP) is 6.43. The number of ether oxygens (including phenoxy) is 1. The summed E-state index contributed by atoms with van der Waals surface area (Å²) in [4.78, 5) is 17.7. The fourth-order valence-electron chi connectivity index (χ4n) is 3.46. The van der Waals surface area contributed by atoms with E-state index in [4.69, 9.17) is 9.72 Å². The van der Waals surface area contributed by atoms with E-state index >= 15 is 0 Å². The molecule has 4 nitrogen and oxygen atoms in total. The number of rotatable bonds is 4. The molecule has 0 spiro atoms. The first-order chi connectivity index (χ1) is 14.8. The summed E-state index contributed by atoms with van der Waals surface area (Å²) in [5.41, 5.74) is 3.02. The summed E-state index contributed by atoms with van der Waals surface area (Å²) in [6.07, 6.45) is 0. The number of aromatic nitrogens is 1. The number of amides is 1. The van der Waals surface area contributed by atoms with E-state index in [1.807, 2.05) is 78.9 Å². The molecular formula is C26H18N2O2. The zero-order valence-electron chi connectivity index (χ0n) is 16.1. The smallest absolute Gasteiger partial charge is 0.255 e. The van der Waals surface area contributed by atoms with Gasteiger partial charge in [-0.05, 0) is 48.5 Å². The van der Waals surface area contributed by atoms with Crippen LogP contribution in [0.1, 0.15) is 10.4 Å². The predicted molar refractivity (Wildman–Crippen MR) is 120 cm³/mol. The van der Waals surface area contributed by atoms with Gasteiger partial charge in [0.15, 0.2) is 0 Å². The summed E-state index contributed by atoms with van der Waals surface area (Å²) in [5.74, 6) is 1.25. The summed E-state index contributed by atoms with van der Waals surface area (Å²) in [5, 5.41) is 4.92. The van der Waals surface area contributed by atoms with Crippen LogP contribution in [0.3, 0.4) is 0 Å². The van der Waals surface area contributed by atoms with E-state index in [9.17, 15) is 4.79 Å². The van der Waals surface area contributed by atoms with Crippen molar-refractivity contribution >= 4 is 33.4 Å². The number of anilines is 1. The van der Waals surface area contributed by atoms with E-state index in [2.05, 4.69) is 5.32 Å². The fourth-order valence-corrected chi connectivity index (χ4v) is 3.46. The Hall–Kier alpha value is -4.18. The maximum Gasteiger partial charge on any atom is 0.255 e. The lowest BCUT2D eigenvalue weighted by Crippen LogP contribution is -2.12. The molecule has 4 aromatic carbocycles. The van der Waals surface area contributed by atoms with Crippen molar-refractivity contribution < 1.29 is 9.53 Å². The Bertz CT molecular complexity index is 1290. The van der Waals surface area contributed by atoms with Gasteiger partial charge < -0.3 is 10.1 Å². The molecule has 4 heteroatoms. The number of pyridine rings is 1. The van der Waals surface area contributed by atoms with Crippen molar-refractivity contribution in [3.8, 4) is 11.5 Å². The minimum absolute atomic E-state index is 0.178. The molecule has 30 heavy (non-hydrogen) atoms. The first kappa shape index (κ1) is 17.9. The van der Waals surface area contributed by atoms with Gasteiger partial charge in [0.25, 0.3) is 5.91 Å². The lowest BCUT2D eigenvalue weighted by atomic mass is 10.1. The number of fused-ring (bicyclic) bond motifs is 2. The van der Waals surface area contributed by atoms with Crippen molar-refractivity contribution in [2.75, 3.05) is 5.32 Å². The van der Waals surface area contributed by atoms with Crippen LogP contribution in [0.4, 0.5) is 5.69 Å². The van der Waals surface area contributed by atoms with Crippen molar-refractivity contribution in [1.29, 1.82) is 0 Å². The Kier molecular flexibility index (Phi) is 4.58.